The molecule has 2 N–H and O–H groups in total. The molecule has 19 heavy (non-hydrogen) atoms. The van der Waals surface area contributed by atoms with Gasteiger partial charge in [0.15, 0.2) is 5.13 Å². The Morgan fingerprint density at radius 2 is 2.11 bits per heavy atom. The average molecular weight is 302 g/mol. The summed E-state index contributed by atoms with van der Waals surface area (Å²) in [6.45, 7) is 3.51. The molecule has 0 atom stereocenters. The lowest BCUT2D eigenvalue weighted by molar-refractivity contribution is 0.321. The van der Waals surface area contributed by atoms with Gasteiger partial charge in [-0.25, -0.2) is 9.37 Å². The average Bonchev–Trinajstić information content (AvgIpc) is 2.68. The van der Waals surface area contributed by atoms with Crippen LogP contribution < -0.4 is 5.73 Å². The standard InChI is InChI=1S/C13H16FN3S.ClH/c1-9-5-11(14)4-3-10(9)7-17(2)8-12-6-16-13(15)18-12;/h3-6H,7-8H2,1-2H3,(H2,15,16);1H. The molecule has 1 heterocycles. The number of anilines is 1. The van der Waals surface area contributed by atoms with Gasteiger partial charge < -0.3 is 5.73 Å². The van der Waals surface area contributed by atoms with E-state index < -0.39 is 0 Å². The van der Waals surface area contributed by atoms with Crippen molar-refractivity contribution in [3.63, 3.8) is 0 Å². The van der Waals surface area contributed by atoms with Crippen molar-refractivity contribution in [3.05, 3.63) is 46.2 Å². The van der Waals surface area contributed by atoms with Crippen molar-refractivity contribution in [1.29, 1.82) is 0 Å². The van der Waals surface area contributed by atoms with Crippen LogP contribution in [0.5, 0.6) is 0 Å². The highest BCUT2D eigenvalue weighted by Crippen LogP contribution is 2.18. The van der Waals surface area contributed by atoms with Crippen LogP contribution in [0.4, 0.5) is 9.52 Å². The Hall–Kier alpha value is -1.17. The molecule has 0 saturated heterocycles. The maximum Gasteiger partial charge on any atom is 0.180 e. The van der Waals surface area contributed by atoms with Crippen molar-refractivity contribution in [3.8, 4) is 0 Å². The predicted octanol–water partition coefficient (Wildman–Crippen LogP) is 3.23. The van der Waals surface area contributed by atoms with E-state index in [2.05, 4.69) is 9.88 Å². The van der Waals surface area contributed by atoms with Crippen molar-refractivity contribution < 1.29 is 4.39 Å². The molecule has 0 aliphatic carbocycles. The largest absolute Gasteiger partial charge is 0.375 e. The maximum atomic E-state index is 13.0. The molecule has 0 fully saturated rings. The van der Waals surface area contributed by atoms with Crippen LogP contribution in [-0.2, 0) is 13.1 Å². The van der Waals surface area contributed by atoms with Crippen LogP contribution >= 0.6 is 23.7 Å². The lowest BCUT2D eigenvalue weighted by Gasteiger charge is -2.16. The number of aryl methyl sites for hydroxylation is 1. The Labute approximate surface area is 122 Å². The SMILES string of the molecule is Cc1cc(F)ccc1CN(C)Cc1cnc(N)s1.Cl. The summed E-state index contributed by atoms with van der Waals surface area (Å²) in [5, 5.41) is 0.594. The second-order valence-corrected chi connectivity index (χ2v) is 5.55. The zero-order valence-electron chi connectivity index (χ0n) is 10.9. The summed E-state index contributed by atoms with van der Waals surface area (Å²) in [5.41, 5.74) is 7.71. The summed E-state index contributed by atoms with van der Waals surface area (Å²) in [5.74, 6) is -0.186. The first-order valence-electron chi connectivity index (χ1n) is 5.68. The number of halogens is 2. The summed E-state index contributed by atoms with van der Waals surface area (Å²) < 4.78 is 13.0. The third-order valence-electron chi connectivity index (χ3n) is 2.74. The van der Waals surface area contributed by atoms with E-state index in [-0.39, 0.29) is 18.2 Å². The molecule has 0 radical (unpaired) electrons. The molecule has 2 aromatic rings. The van der Waals surface area contributed by atoms with Crippen LogP contribution in [-0.4, -0.2) is 16.9 Å². The summed E-state index contributed by atoms with van der Waals surface area (Å²) in [4.78, 5) is 7.32. The van der Waals surface area contributed by atoms with Crippen LogP contribution in [0, 0.1) is 12.7 Å². The highest BCUT2D eigenvalue weighted by molar-refractivity contribution is 7.15. The molecule has 0 aliphatic rings. The third kappa shape index (κ3) is 4.45. The van der Waals surface area contributed by atoms with Gasteiger partial charge >= 0.3 is 0 Å². The van der Waals surface area contributed by atoms with Crippen LogP contribution in [0.2, 0.25) is 0 Å². The Balaban J connectivity index is 0.00000180. The van der Waals surface area contributed by atoms with E-state index in [4.69, 9.17) is 5.73 Å². The zero-order valence-corrected chi connectivity index (χ0v) is 12.5. The number of benzene rings is 1. The molecular formula is C13H17ClFN3S. The number of rotatable bonds is 4. The van der Waals surface area contributed by atoms with Crippen molar-refractivity contribution >= 4 is 28.9 Å². The molecule has 0 bridgehead atoms. The second-order valence-electron chi connectivity index (χ2n) is 4.41. The predicted molar refractivity (Wildman–Crippen MR) is 80.1 cm³/mol. The van der Waals surface area contributed by atoms with E-state index in [9.17, 15) is 4.39 Å². The minimum atomic E-state index is -0.186. The van der Waals surface area contributed by atoms with E-state index >= 15 is 0 Å². The first-order valence-corrected chi connectivity index (χ1v) is 6.50. The molecule has 2 rings (SSSR count). The molecule has 0 spiro atoms. The summed E-state index contributed by atoms with van der Waals surface area (Å²) in [7, 11) is 2.03. The molecule has 1 aromatic carbocycles. The third-order valence-corrected chi connectivity index (χ3v) is 3.55. The fraction of sp³-hybridized carbons (Fsp3) is 0.308. The van der Waals surface area contributed by atoms with Gasteiger partial charge in [-0.2, -0.15) is 0 Å². The highest BCUT2D eigenvalue weighted by atomic mass is 35.5. The van der Waals surface area contributed by atoms with Crippen molar-refractivity contribution in [2.75, 3.05) is 12.8 Å². The quantitative estimate of drug-likeness (QED) is 0.943. The Kier molecular flexibility index (Phi) is 5.72. The Morgan fingerprint density at radius 1 is 1.37 bits per heavy atom. The van der Waals surface area contributed by atoms with Gasteiger partial charge in [0.1, 0.15) is 5.82 Å². The Morgan fingerprint density at radius 3 is 2.68 bits per heavy atom. The van der Waals surface area contributed by atoms with Gasteiger partial charge in [0.25, 0.3) is 0 Å². The van der Waals surface area contributed by atoms with Crippen molar-refractivity contribution in [2.24, 2.45) is 0 Å². The number of hydrogen-bond donors (Lipinski definition) is 1. The van der Waals surface area contributed by atoms with E-state index in [1.165, 1.54) is 17.4 Å². The topological polar surface area (TPSA) is 42.2 Å². The van der Waals surface area contributed by atoms with Gasteiger partial charge in [-0.15, -0.1) is 23.7 Å². The molecule has 0 amide bonds. The first kappa shape index (κ1) is 15.9. The van der Waals surface area contributed by atoms with E-state index in [1.807, 2.05) is 20.0 Å². The minimum Gasteiger partial charge on any atom is -0.375 e. The molecule has 1 aromatic heterocycles. The van der Waals surface area contributed by atoms with Crippen LogP contribution in [0.25, 0.3) is 0 Å². The summed E-state index contributed by atoms with van der Waals surface area (Å²) in [6, 6.07) is 4.90. The fourth-order valence-electron chi connectivity index (χ4n) is 1.85. The van der Waals surface area contributed by atoms with Crippen LogP contribution in [0.15, 0.2) is 24.4 Å². The van der Waals surface area contributed by atoms with Crippen molar-refractivity contribution in [2.45, 2.75) is 20.0 Å². The Bertz CT molecular complexity index is 544. The second kappa shape index (κ2) is 6.84. The lowest BCUT2D eigenvalue weighted by Crippen LogP contribution is -2.17. The molecule has 104 valence electrons. The van der Waals surface area contributed by atoms with E-state index in [1.54, 1.807) is 12.3 Å². The van der Waals surface area contributed by atoms with Gasteiger partial charge in [0.05, 0.1) is 0 Å². The van der Waals surface area contributed by atoms with Gasteiger partial charge in [-0.1, -0.05) is 6.07 Å². The number of nitrogen functional groups attached to an aromatic ring is 1. The minimum absolute atomic E-state index is 0. The number of nitrogens with two attached hydrogens (primary N) is 1. The van der Waals surface area contributed by atoms with E-state index in [0.29, 0.717) is 5.13 Å². The van der Waals surface area contributed by atoms with E-state index in [0.717, 1.165) is 29.1 Å². The van der Waals surface area contributed by atoms with Gasteiger partial charge in [-0.3, -0.25) is 4.90 Å². The first-order chi connectivity index (χ1) is 8.54. The lowest BCUT2D eigenvalue weighted by atomic mass is 10.1. The number of hydrogen-bond acceptors (Lipinski definition) is 4. The molecule has 3 nitrogen and oxygen atoms in total. The highest BCUT2D eigenvalue weighted by Gasteiger charge is 2.07. The van der Waals surface area contributed by atoms with Crippen LogP contribution in [0.1, 0.15) is 16.0 Å². The molecule has 0 aliphatic heterocycles. The number of nitrogens with zero attached hydrogens (tertiary/aromatic N) is 2. The fourth-order valence-corrected chi connectivity index (χ4v) is 2.61. The molecule has 0 saturated carbocycles. The van der Waals surface area contributed by atoms with Gasteiger partial charge in [0, 0.05) is 24.2 Å². The van der Waals surface area contributed by atoms with Gasteiger partial charge in [0.2, 0.25) is 0 Å². The smallest absolute Gasteiger partial charge is 0.180 e. The van der Waals surface area contributed by atoms with Gasteiger partial charge in [-0.05, 0) is 37.2 Å². The number of thiazole rings is 1. The summed E-state index contributed by atoms with van der Waals surface area (Å²) >= 11 is 1.50. The molecule has 0 unspecified atom stereocenters. The van der Waals surface area contributed by atoms with Crippen molar-refractivity contribution in [1.82, 2.24) is 9.88 Å². The normalized spacial score (nSPS) is 10.5. The summed E-state index contributed by atoms with van der Waals surface area (Å²) in [6.07, 6.45) is 1.80. The zero-order chi connectivity index (χ0) is 13.1. The maximum absolute atomic E-state index is 13.0. The number of aromatic nitrogens is 1. The monoisotopic (exact) mass is 301 g/mol. The van der Waals surface area contributed by atoms with Crippen LogP contribution in [0.3, 0.4) is 0 Å². The molecule has 6 heteroatoms. The molecular weight excluding hydrogens is 285 g/mol.